The van der Waals surface area contributed by atoms with Gasteiger partial charge in [0.15, 0.2) is 0 Å². The molecule has 1 aromatic rings. The van der Waals surface area contributed by atoms with Crippen molar-refractivity contribution >= 4 is 31.6 Å². The first-order valence-electron chi connectivity index (χ1n) is 6.15. The molecule has 0 aromatic heterocycles. The molecule has 0 unspecified atom stereocenters. The van der Waals surface area contributed by atoms with Gasteiger partial charge in [-0.05, 0) is 38.1 Å². The van der Waals surface area contributed by atoms with Gasteiger partial charge in [-0.2, -0.15) is 0 Å². The monoisotopic (exact) mass is 347 g/mol. The maximum Gasteiger partial charge on any atom is 0.242 e. The summed E-state index contributed by atoms with van der Waals surface area (Å²) in [5.74, 6) is 0. The second-order valence-electron chi connectivity index (χ2n) is 4.79. The van der Waals surface area contributed by atoms with Gasteiger partial charge in [0, 0.05) is 23.6 Å². The zero-order valence-corrected chi connectivity index (χ0v) is 13.2. The highest BCUT2D eigenvalue weighted by atomic mass is 79.9. The first-order valence-corrected chi connectivity index (χ1v) is 8.43. The number of rotatable bonds is 6. The van der Waals surface area contributed by atoms with Crippen molar-refractivity contribution in [1.29, 1.82) is 0 Å². The number of sulfonamides is 1. The van der Waals surface area contributed by atoms with Gasteiger partial charge in [0.2, 0.25) is 10.0 Å². The first kappa shape index (κ1) is 14.8. The Balaban J connectivity index is 1.97. The van der Waals surface area contributed by atoms with Crippen LogP contribution in [0.25, 0.3) is 0 Å². The van der Waals surface area contributed by atoms with Crippen LogP contribution in [0.4, 0.5) is 5.69 Å². The van der Waals surface area contributed by atoms with Gasteiger partial charge in [0.05, 0.1) is 5.69 Å². The molecule has 0 atom stereocenters. The highest BCUT2D eigenvalue weighted by Crippen LogP contribution is 2.25. The average Bonchev–Trinajstić information content (AvgIpc) is 3.11. The maximum absolute atomic E-state index is 12.1. The molecule has 1 saturated carbocycles. The number of nitrogens with zero attached hydrogens (tertiary/aromatic N) is 1. The van der Waals surface area contributed by atoms with Crippen LogP contribution in [-0.2, 0) is 10.0 Å². The van der Waals surface area contributed by atoms with E-state index in [1.54, 1.807) is 12.1 Å². The van der Waals surface area contributed by atoms with Crippen LogP contribution < -0.4 is 10.5 Å². The Bertz CT molecular complexity index is 558. The smallest absolute Gasteiger partial charge is 0.242 e. The lowest BCUT2D eigenvalue weighted by Gasteiger charge is -2.16. The summed E-state index contributed by atoms with van der Waals surface area (Å²) in [7, 11) is -1.52. The van der Waals surface area contributed by atoms with E-state index < -0.39 is 10.0 Å². The van der Waals surface area contributed by atoms with Crippen LogP contribution in [0, 0.1) is 0 Å². The first-order chi connectivity index (χ1) is 8.90. The van der Waals surface area contributed by atoms with Crippen molar-refractivity contribution in [2.75, 3.05) is 25.9 Å². The molecule has 0 spiro atoms. The molecule has 0 radical (unpaired) electrons. The average molecular weight is 348 g/mol. The summed E-state index contributed by atoms with van der Waals surface area (Å²) in [6, 6.07) is 5.39. The predicted molar refractivity (Wildman–Crippen MR) is 79.4 cm³/mol. The van der Waals surface area contributed by atoms with Crippen LogP contribution in [0.15, 0.2) is 27.6 Å². The lowest BCUT2D eigenvalue weighted by Crippen LogP contribution is -2.34. The second-order valence-corrected chi connectivity index (χ2v) is 7.44. The molecule has 19 heavy (non-hydrogen) atoms. The fraction of sp³-hybridized carbons (Fsp3) is 0.500. The van der Waals surface area contributed by atoms with Crippen LogP contribution in [0.5, 0.6) is 0 Å². The lowest BCUT2D eigenvalue weighted by atomic mass is 10.3. The summed E-state index contributed by atoms with van der Waals surface area (Å²) in [6.45, 7) is 1.10. The van der Waals surface area contributed by atoms with Crippen LogP contribution in [0.3, 0.4) is 0 Å². The Kier molecular flexibility index (Phi) is 4.50. The number of likely N-dealkylation sites (N-methyl/N-ethyl adjacent to an activating group) is 1. The molecule has 3 N–H and O–H groups in total. The van der Waals surface area contributed by atoms with Crippen molar-refractivity contribution < 1.29 is 8.42 Å². The molecule has 2 rings (SSSR count). The highest BCUT2D eigenvalue weighted by molar-refractivity contribution is 9.10. The molecule has 1 aromatic carbocycles. The van der Waals surface area contributed by atoms with Crippen LogP contribution in [0.2, 0.25) is 0 Å². The van der Waals surface area contributed by atoms with Crippen molar-refractivity contribution in [1.82, 2.24) is 9.62 Å². The van der Waals surface area contributed by atoms with Gasteiger partial charge < -0.3 is 10.6 Å². The van der Waals surface area contributed by atoms with Gasteiger partial charge in [-0.25, -0.2) is 13.1 Å². The Labute approximate surface area is 122 Å². The Hall–Kier alpha value is -0.630. The Morgan fingerprint density at radius 3 is 2.74 bits per heavy atom. The molecule has 0 amide bonds. The fourth-order valence-corrected chi connectivity index (χ4v) is 3.41. The third-order valence-electron chi connectivity index (χ3n) is 3.19. The van der Waals surface area contributed by atoms with E-state index in [-0.39, 0.29) is 10.6 Å². The molecular formula is C12H18BrN3O2S. The molecule has 1 aliphatic rings. The summed E-state index contributed by atoms with van der Waals surface area (Å²) in [5.41, 5.74) is 5.99. The maximum atomic E-state index is 12.1. The minimum absolute atomic E-state index is 0.129. The predicted octanol–water partition coefficient (Wildman–Crippen LogP) is 1.40. The standard InChI is InChI=1S/C12H18BrN3O2S/c1-16(10-3-4-10)7-6-15-19(17,18)12-5-2-9(13)8-11(12)14/h2,5,8,10,15H,3-4,6-7,14H2,1H3. The number of halogens is 1. The van der Waals surface area contributed by atoms with Crippen molar-refractivity contribution in [2.45, 2.75) is 23.8 Å². The topological polar surface area (TPSA) is 75.4 Å². The molecule has 106 valence electrons. The van der Waals surface area contributed by atoms with E-state index in [0.29, 0.717) is 19.1 Å². The van der Waals surface area contributed by atoms with Gasteiger partial charge in [-0.3, -0.25) is 0 Å². The van der Waals surface area contributed by atoms with Gasteiger partial charge >= 0.3 is 0 Å². The van der Waals surface area contributed by atoms with E-state index in [9.17, 15) is 8.42 Å². The molecule has 1 fully saturated rings. The van der Waals surface area contributed by atoms with E-state index in [2.05, 4.69) is 25.6 Å². The van der Waals surface area contributed by atoms with Crippen LogP contribution in [-0.4, -0.2) is 39.5 Å². The third-order valence-corrected chi connectivity index (χ3v) is 5.22. The number of nitrogens with two attached hydrogens (primary N) is 1. The van der Waals surface area contributed by atoms with E-state index >= 15 is 0 Å². The quantitative estimate of drug-likeness (QED) is 0.762. The highest BCUT2D eigenvalue weighted by Gasteiger charge is 2.26. The molecule has 0 aliphatic heterocycles. The van der Waals surface area contributed by atoms with Crippen molar-refractivity contribution in [3.63, 3.8) is 0 Å². The van der Waals surface area contributed by atoms with Gasteiger partial charge in [-0.1, -0.05) is 15.9 Å². The number of hydrogen-bond acceptors (Lipinski definition) is 4. The van der Waals surface area contributed by atoms with E-state index in [4.69, 9.17) is 5.73 Å². The molecule has 0 heterocycles. The lowest BCUT2D eigenvalue weighted by molar-refractivity contribution is 0.329. The zero-order chi connectivity index (χ0) is 14.0. The minimum atomic E-state index is -3.53. The number of benzene rings is 1. The number of nitrogens with one attached hydrogen (secondary N) is 1. The van der Waals surface area contributed by atoms with E-state index in [0.717, 1.165) is 4.47 Å². The SMILES string of the molecule is CN(CCNS(=O)(=O)c1ccc(Br)cc1N)C1CC1. The molecule has 0 bridgehead atoms. The van der Waals surface area contributed by atoms with E-state index in [1.807, 2.05) is 7.05 Å². The summed E-state index contributed by atoms with van der Waals surface area (Å²) in [5, 5.41) is 0. The molecule has 5 nitrogen and oxygen atoms in total. The minimum Gasteiger partial charge on any atom is -0.398 e. The summed E-state index contributed by atoms with van der Waals surface area (Å²) in [4.78, 5) is 2.30. The fourth-order valence-electron chi connectivity index (χ4n) is 1.90. The third kappa shape index (κ3) is 3.92. The second kappa shape index (κ2) is 5.78. The van der Waals surface area contributed by atoms with Crippen LogP contribution >= 0.6 is 15.9 Å². The number of hydrogen-bond donors (Lipinski definition) is 2. The molecule has 1 aliphatic carbocycles. The molecule has 0 saturated heterocycles. The Morgan fingerprint density at radius 2 is 2.16 bits per heavy atom. The normalized spacial score (nSPS) is 15.9. The molecule has 7 heteroatoms. The summed E-state index contributed by atoms with van der Waals surface area (Å²) in [6.07, 6.45) is 2.42. The number of nitrogen functional groups attached to an aromatic ring is 1. The van der Waals surface area contributed by atoms with Gasteiger partial charge in [0.25, 0.3) is 0 Å². The Morgan fingerprint density at radius 1 is 1.47 bits per heavy atom. The number of anilines is 1. The van der Waals surface area contributed by atoms with Crippen molar-refractivity contribution in [3.05, 3.63) is 22.7 Å². The van der Waals surface area contributed by atoms with Gasteiger partial charge in [0.1, 0.15) is 4.90 Å². The summed E-state index contributed by atoms with van der Waals surface area (Å²) < 4.78 is 27.6. The van der Waals surface area contributed by atoms with Gasteiger partial charge in [-0.15, -0.1) is 0 Å². The van der Waals surface area contributed by atoms with Crippen molar-refractivity contribution in [2.24, 2.45) is 0 Å². The largest absolute Gasteiger partial charge is 0.398 e. The van der Waals surface area contributed by atoms with Crippen molar-refractivity contribution in [3.8, 4) is 0 Å². The van der Waals surface area contributed by atoms with E-state index in [1.165, 1.54) is 18.9 Å². The zero-order valence-electron chi connectivity index (χ0n) is 10.8. The molecular weight excluding hydrogens is 330 g/mol. The van der Waals surface area contributed by atoms with Crippen LogP contribution in [0.1, 0.15) is 12.8 Å². The summed E-state index contributed by atoms with van der Waals surface area (Å²) >= 11 is 3.26.